The number of methoxy groups -OCH3 is 1. The van der Waals surface area contributed by atoms with E-state index in [0.717, 1.165) is 11.1 Å². The predicted octanol–water partition coefficient (Wildman–Crippen LogP) is 5.38. The summed E-state index contributed by atoms with van der Waals surface area (Å²) in [5.41, 5.74) is 2.10. The van der Waals surface area contributed by atoms with E-state index in [2.05, 4.69) is 10.3 Å². The van der Waals surface area contributed by atoms with Crippen molar-refractivity contribution in [1.29, 1.82) is 0 Å². The van der Waals surface area contributed by atoms with E-state index in [1.807, 2.05) is 26.8 Å². The van der Waals surface area contributed by atoms with E-state index in [0.29, 0.717) is 23.3 Å². The van der Waals surface area contributed by atoms with Crippen molar-refractivity contribution in [3.63, 3.8) is 0 Å². The summed E-state index contributed by atoms with van der Waals surface area (Å²) in [5, 5.41) is 13.5. The summed E-state index contributed by atoms with van der Waals surface area (Å²) in [4.78, 5) is 4.31. The number of hydrogen-bond acceptors (Lipinski definition) is 7. The number of phenols is 1. The van der Waals surface area contributed by atoms with Crippen molar-refractivity contribution in [3.8, 4) is 17.2 Å². The fourth-order valence-electron chi connectivity index (χ4n) is 2.51. The minimum absolute atomic E-state index is 0.109. The minimum Gasteiger partial charge on any atom is -0.504 e. The second-order valence-corrected chi connectivity index (χ2v) is 8.09. The van der Waals surface area contributed by atoms with Gasteiger partial charge >= 0.3 is 7.60 Å². The monoisotopic (exact) mass is 406 g/mol. The number of aryl methyl sites for hydroxylation is 1. The van der Waals surface area contributed by atoms with Crippen molar-refractivity contribution in [1.82, 2.24) is 4.98 Å². The quantitative estimate of drug-likeness (QED) is 0.540. The molecule has 0 bridgehead atoms. The Morgan fingerprint density at radius 2 is 2.04 bits per heavy atom. The van der Waals surface area contributed by atoms with Gasteiger partial charge in [0.05, 0.1) is 19.0 Å². The number of allylic oxidation sites excluding steroid dienone is 1. The Bertz CT molecular complexity index is 898. The Balaban J connectivity index is 2.33. The third kappa shape index (κ3) is 5.06. The number of rotatable bonds is 9. The summed E-state index contributed by atoms with van der Waals surface area (Å²) in [5.74, 6) is 1.09. The molecular weight excluding hydrogens is 379 g/mol. The predicted molar refractivity (Wildman–Crippen MR) is 110 cm³/mol. The molecule has 28 heavy (non-hydrogen) atoms. The zero-order valence-electron chi connectivity index (χ0n) is 16.9. The highest BCUT2D eigenvalue weighted by molar-refractivity contribution is 7.58. The maximum absolute atomic E-state index is 13.5. The number of benzene rings is 1. The van der Waals surface area contributed by atoms with Crippen LogP contribution in [0.15, 0.2) is 42.0 Å². The average Bonchev–Trinajstić information content (AvgIpc) is 2.65. The van der Waals surface area contributed by atoms with E-state index in [1.54, 1.807) is 25.4 Å². The first kappa shape index (κ1) is 21.8. The summed E-state index contributed by atoms with van der Waals surface area (Å²) < 4.78 is 29.7. The normalized spacial score (nSPS) is 13.7. The zero-order chi connectivity index (χ0) is 20.7. The molecular formula is C20H27N2O5P. The second kappa shape index (κ2) is 9.62. The molecule has 1 aromatic heterocycles. The maximum Gasteiger partial charge on any atom is 0.408 e. The maximum atomic E-state index is 13.5. The van der Waals surface area contributed by atoms with Gasteiger partial charge in [-0.15, -0.1) is 0 Å². The van der Waals surface area contributed by atoms with Gasteiger partial charge in [0, 0.05) is 18.5 Å². The molecule has 0 aliphatic carbocycles. The van der Waals surface area contributed by atoms with Crippen molar-refractivity contribution in [2.75, 3.05) is 19.0 Å². The van der Waals surface area contributed by atoms with Crippen molar-refractivity contribution >= 4 is 13.4 Å². The number of hydrogen-bond donors (Lipinski definition) is 2. The first-order valence-electron chi connectivity index (χ1n) is 9.04. The molecule has 2 rings (SSSR count). The Morgan fingerprint density at radius 3 is 2.64 bits per heavy atom. The standard InChI is InChI=1S/C20H27N2O5P/c1-6-17(13-22-20-15(4)14(3)10-11-21-20)28(24,26-7-2)27-16-8-9-19(25-5)18(23)12-16/h8-13,23H,6-7H2,1-5H3,(H,21,22)/b17-13+. The van der Waals surface area contributed by atoms with Crippen LogP contribution in [0.25, 0.3) is 0 Å². The van der Waals surface area contributed by atoms with Gasteiger partial charge in [-0.1, -0.05) is 6.92 Å². The van der Waals surface area contributed by atoms with Crippen molar-refractivity contribution in [2.24, 2.45) is 0 Å². The summed E-state index contributed by atoms with van der Waals surface area (Å²) in [6.45, 7) is 7.78. The lowest BCUT2D eigenvalue weighted by Crippen LogP contribution is -2.04. The third-order valence-corrected chi connectivity index (χ3v) is 6.44. The van der Waals surface area contributed by atoms with Crippen LogP contribution in [-0.4, -0.2) is 23.8 Å². The Labute approximate surface area is 165 Å². The summed E-state index contributed by atoms with van der Waals surface area (Å²) >= 11 is 0. The minimum atomic E-state index is -3.64. The van der Waals surface area contributed by atoms with E-state index < -0.39 is 7.60 Å². The summed E-state index contributed by atoms with van der Waals surface area (Å²) in [7, 11) is -2.19. The average molecular weight is 406 g/mol. The van der Waals surface area contributed by atoms with E-state index in [-0.39, 0.29) is 18.1 Å². The Kier molecular flexibility index (Phi) is 7.49. The number of aromatic hydroxyl groups is 1. The first-order chi connectivity index (χ1) is 13.3. The van der Waals surface area contributed by atoms with Crippen molar-refractivity contribution in [2.45, 2.75) is 34.1 Å². The van der Waals surface area contributed by atoms with Gasteiger partial charge in [0.25, 0.3) is 0 Å². The van der Waals surface area contributed by atoms with Crippen LogP contribution in [0, 0.1) is 13.8 Å². The van der Waals surface area contributed by atoms with Crippen LogP contribution >= 0.6 is 7.60 Å². The molecule has 8 heteroatoms. The molecule has 1 aromatic carbocycles. The molecule has 0 saturated carbocycles. The molecule has 0 spiro atoms. The molecule has 0 saturated heterocycles. The van der Waals surface area contributed by atoms with Gasteiger partial charge in [-0.3, -0.25) is 4.52 Å². The van der Waals surface area contributed by atoms with Crippen molar-refractivity contribution in [3.05, 3.63) is 53.1 Å². The topological polar surface area (TPSA) is 89.9 Å². The molecule has 0 fully saturated rings. The molecule has 0 amide bonds. The summed E-state index contributed by atoms with van der Waals surface area (Å²) in [6, 6.07) is 6.37. The first-order valence-corrected chi connectivity index (χ1v) is 10.6. The van der Waals surface area contributed by atoms with E-state index in [4.69, 9.17) is 13.8 Å². The van der Waals surface area contributed by atoms with Crippen LogP contribution in [0.4, 0.5) is 5.82 Å². The van der Waals surface area contributed by atoms with Gasteiger partial charge < -0.3 is 19.7 Å². The number of ether oxygens (including phenoxy) is 1. The van der Waals surface area contributed by atoms with Gasteiger partial charge in [-0.2, -0.15) is 0 Å². The highest BCUT2D eigenvalue weighted by Crippen LogP contribution is 2.57. The second-order valence-electron chi connectivity index (χ2n) is 6.08. The molecule has 2 aromatic rings. The molecule has 7 nitrogen and oxygen atoms in total. The number of phenolic OH excluding ortho intramolecular Hbond substituents is 1. The molecule has 1 unspecified atom stereocenters. The fraction of sp³-hybridized carbons (Fsp3) is 0.350. The Hall–Kier alpha value is -2.50. The van der Waals surface area contributed by atoms with E-state index >= 15 is 0 Å². The number of nitrogens with one attached hydrogen (secondary N) is 1. The lowest BCUT2D eigenvalue weighted by Gasteiger charge is -2.21. The highest BCUT2D eigenvalue weighted by atomic mass is 31.2. The van der Waals surface area contributed by atoms with Gasteiger partial charge in [-0.05, 0) is 56.5 Å². The lowest BCUT2D eigenvalue weighted by atomic mass is 10.2. The largest absolute Gasteiger partial charge is 0.504 e. The lowest BCUT2D eigenvalue weighted by molar-refractivity contribution is 0.284. The number of pyridine rings is 1. The van der Waals surface area contributed by atoms with Gasteiger partial charge in [0.15, 0.2) is 11.5 Å². The van der Waals surface area contributed by atoms with Crippen LogP contribution < -0.4 is 14.6 Å². The van der Waals surface area contributed by atoms with Crippen LogP contribution in [0.1, 0.15) is 31.4 Å². The summed E-state index contributed by atoms with van der Waals surface area (Å²) in [6.07, 6.45) is 3.77. The third-order valence-electron chi connectivity index (χ3n) is 4.24. The zero-order valence-corrected chi connectivity index (χ0v) is 17.7. The van der Waals surface area contributed by atoms with Crippen molar-refractivity contribution < 1.29 is 23.5 Å². The molecule has 0 radical (unpaired) electrons. The van der Waals surface area contributed by atoms with Crippen LogP contribution in [0.2, 0.25) is 0 Å². The molecule has 152 valence electrons. The number of nitrogens with zero attached hydrogens (tertiary/aromatic N) is 1. The molecule has 1 atom stereocenters. The molecule has 0 aliphatic heterocycles. The van der Waals surface area contributed by atoms with E-state index in [9.17, 15) is 9.67 Å². The van der Waals surface area contributed by atoms with Crippen LogP contribution in [0.5, 0.6) is 17.2 Å². The smallest absolute Gasteiger partial charge is 0.408 e. The van der Waals surface area contributed by atoms with E-state index in [1.165, 1.54) is 19.2 Å². The fourth-order valence-corrected chi connectivity index (χ4v) is 4.18. The number of aromatic nitrogens is 1. The molecule has 0 aliphatic rings. The Morgan fingerprint density at radius 1 is 1.29 bits per heavy atom. The van der Waals surface area contributed by atoms with Gasteiger partial charge in [-0.25, -0.2) is 9.55 Å². The van der Waals surface area contributed by atoms with Crippen LogP contribution in [0.3, 0.4) is 0 Å². The van der Waals surface area contributed by atoms with Gasteiger partial charge in [0.2, 0.25) is 0 Å². The molecule has 2 N–H and O–H groups in total. The number of anilines is 1. The molecule has 1 heterocycles. The highest BCUT2D eigenvalue weighted by Gasteiger charge is 2.31. The van der Waals surface area contributed by atoms with Gasteiger partial charge in [0.1, 0.15) is 11.6 Å². The SMILES string of the molecule is CCOP(=O)(Oc1ccc(OC)c(O)c1)/C(=C/Nc1nccc(C)c1C)CC. The van der Waals surface area contributed by atoms with Crippen LogP contribution in [-0.2, 0) is 9.09 Å².